The van der Waals surface area contributed by atoms with Gasteiger partial charge in [0, 0.05) is 12.5 Å². The van der Waals surface area contributed by atoms with Crippen LogP contribution in [0.25, 0.3) is 0 Å². The molecule has 14 heavy (non-hydrogen) atoms. The molecular formula is C11H21N3. The van der Waals surface area contributed by atoms with Gasteiger partial charge in [-0.05, 0) is 20.3 Å². The number of nitrogen functional groups attached to an aromatic ring is 1. The third-order valence-electron chi connectivity index (χ3n) is 2.42. The Morgan fingerprint density at radius 3 is 2.36 bits per heavy atom. The Kier molecular flexibility index (Phi) is 3.55. The molecule has 3 heteroatoms. The van der Waals surface area contributed by atoms with E-state index in [-0.39, 0.29) is 0 Å². The van der Waals surface area contributed by atoms with Gasteiger partial charge in [-0.15, -0.1) is 0 Å². The molecule has 0 saturated carbocycles. The van der Waals surface area contributed by atoms with Crippen molar-refractivity contribution in [2.45, 2.75) is 53.0 Å². The van der Waals surface area contributed by atoms with Gasteiger partial charge in [0.15, 0.2) is 0 Å². The molecule has 80 valence electrons. The lowest BCUT2D eigenvalue weighted by Gasteiger charge is -2.12. The second-order valence-electron chi connectivity index (χ2n) is 3.93. The molecule has 0 aliphatic carbocycles. The summed E-state index contributed by atoms with van der Waals surface area (Å²) < 4.78 is 2.14. The fourth-order valence-corrected chi connectivity index (χ4v) is 1.79. The molecule has 0 bridgehead atoms. The van der Waals surface area contributed by atoms with E-state index >= 15 is 0 Å². The number of aryl methyl sites for hydroxylation is 2. The summed E-state index contributed by atoms with van der Waals surface area (Å²) >= 11 is 0. The van der Waals surface area contributed by atoms with Crippen LogP contribution in [0.4, 0.5) is 5.82 Å². The Bertz CT molecular complexity index is 300. The zero-order chi connectivity index (χ0) is 10.7. The topological polar surface area (TPSA) is 43.8 Å². The SMILES string of the molecule is CCCc1nc(CC)n(C(C)C)c1N. The highest BCUT2D eigenvalue weighted by Gasteiger charge is 2.14. The van der Waals surface area contributed by atoms with Crippen molar-refractivity contribution in [3.8, 4) is 0 Å². The van der Waals surface area contributed by atoms with E-state index in [2.05, 4.69) is 37.2 Å². The predicted octanol–water partition coefficient (Wildman–Crippen LogP) is 2.56. The van der Waals surface area contributed by atoms with Crippen LogP contribution in [0.3, 0.4) is 0 Å². The van der Waals surface area contributed by atoms with Gasteiger partial charge in [0.25, 0.3) is 0 Å². The van der Waals surface area contributed by atoms with E-state index in [1.54, 1.807) is 0 Å². The third kappa shape index (κ3) is 1.91. The molecule has 1 heterocycles. The Morgan fingerprint density at radius 1 is 1.36 bits per heavy atom. The number of nitrogens with zero attached hydrogens (tertiary/aromatic N) is 2. The number of anilines is 1. The van der Waals surface area contributed by atoms with Crippen molar-refractivity contribution in [3.05, 3.63) is 11.5 Å². The van der Waals surface area contributed by atoms with Gasteiger partial charge in [-0.2, -0.15) is 0 Å². The molecule has 1 aromatic heterocycles. The maximum Gasteiger partial charge on any atom is 0.127 e. The van der Waals surface area contributed by atoms with Gasteiger partial charge in [-0.25, -0.2) is 4.98 Å². The van der Waals surface area contributed by atoms with Crippen LogP contribution in [0.5, 0.6) is 0 Å². The van der Waals surface area contributed by atoms with E-state index in [1.165, 1.54) is 0 Å². The number of rotatable bonds is 4. The normalized spacial score (nSPS) is 11.2. The van der Waals surface area contributed by atoms with Crippen LogP contribution >= 0.6 is 0 Å². The van der Waals surface area contributed by atoms with Gasteiger partial charge >= 0.3 is 0 Å². The summed E-state index contributed by atoms with van der Waals surface area (Å²) in [6.07, 6.45) is 3.03. The largest absolute Gasteiger partial charge is 0.384 e. The van der Waals surface area contributed by atoms with Crippen molar-refractivity contribution in [2.75, 3.05) is 5.73 Å². The molecule has 0 spiro atoms. The molecule has 0 aromatic carbocycles. The summed E-state index contributed by atoms with van der Waals surface area (Å²) in [5.41, 5.74) is 7.13. The Morgan fingerprint density at radius 2 is 2.00 bits per heavy atom. The highest BCUT2D eigenvalue weighted by Crippen LogP contribution is 2.21. The maximum atomic E-state index is 6.07. The molecule has 0 unspecified atom stereocenters. The van der Waals surface area contributed by atoms with Gasteiger partial charge < -0.3 is 10.3 Å². The van der Waals surface area contributed by atoms with Crippen LogP contribution in [0.15, 0.2) is 0 Å². The van der Waals surface area contributed by atoms with Crippen molar-refractivity contribution >= 4 is 5.82 Å². The highest BCUT2D eigenvalue weighted by molar-refractivity contribution is 5.39. The lowest BCUT2D eigenvalue weighted by molar-refractivity contribution is 0.579. The van der Waals surface area contributed by atoms with E-state index in [1.807, 2.05) is 0 Å². The molecular weight excluding hydrogens is 174 g/mol. The zero-order valence-corrected chi connectivity index (χ0v) is 9.67. The Labute approximate surface area is 86.3 Å². The molecule has 0 aliphatic rings. The molecule has 2 N–H and O–H groups in total. The van der Waals surface area contributed by atoms with E-state index < -0.39 is 0 Å². The van der Waals surface area contributed by atoms with Crippen LogP contribution in [0.2, 0.25) is 0 Å². The van der Waals surface area contributed by atoms with Crippen LogP contribution in [-0.4, -0.2) is 9.55 Å². The number of imidazole rings is 1. The second-order valence-corrected chi connectivity index (χ2v) is 3.93. The van der Waals surface area contributed by atoms with E-state index in [4.69, 9.17) is 5.73 Å². The van der Waals surface area contributed by atoms with Crippen LogP contribution in [0, 0.1) is 0 Å². The van der Waals surface area contributed by atoms with Gasteiger partial charge in [-0.3, -0.25) is 0 Å². The molecule has 1 rings (SSSR count). The van der Waals surface area contributed by atoms with Gasteiger partial charge in [0.05, 0.1) is 5.69 Å². The lowest BCUT2D eigenvalue weighted by atomic mass is 10.2. The molecule has 0 fully saturated rings. The minimum absolute atomic E-state index is 0.406. The Hall–Kier alpha value is -0.990. The second kappa shape index (κ2) is 4.49. The smallest absolute Gasteiger partial charge is 0.127 e. The minimum atomic E-state index is 0.406. The first-order valence-electron chi connectivity index (χ1n) is 5.47. The molecule has 0 amide bonds. The summed E-state index contributed by atoms with van der Waals surface area (Å²) in [5.74, 6) is 1.97. The third-order valence-corrected chi connectivity index (χ3v) is 2.42. The number of hydrogen-bond donors (Lipinski definition) is 1. The maximum absolute atomic E-state index is 6.07. The van der Waals surface area contributed by atoms with Crippen LogP contribution in [-0.2, 0) is 12.8 Å². The van der Waals surface area contributed by atoms with Crippen molar-refractivity contribution in [1.82, 2.24) is 9.55 Å². The van der Waals surface area contributed by atoms with E-state index in [0.29, 0.717) is 6.04 Å². The minimum Gasteiger partial charge on any atom is -0.384 e. The number of hydrogen-bond acceptors (Lipinski definition) is 2. The van der Waals surface area contributed by atoms with Crippen molar-refractivity contribution in [3.63, 3.8) is 0 Å². The van der Waals surface area contributed by atoms with Crippen molar-refractivity contribution < 1.29 is 0 Å². The molecule has 0 saturated heterocycles. The van der Waals surface area contributed by atoms with Crippen LogP contribution < -0.4 is 5.73 Å². The van der Waals surface area contributed by atoms with E-state index in [0.717, 1.165) is 36.6 Å². The number of nitrogens with two attached hydrogens (primary N) is 1. The predicted molar refractivity (Wildman–Crippen MR) is 60.4 cm³/mol. The van der Waals surface area contributed by atoms with Crippen molar-refractivity contribution in [1.29, 1.82) is 0 Å². The standard InChI is InChI=1S/C11H21N3/c1-5-7-9-11(12)14(8(3)4)10(6-2)13-9/h8H,5-7,12H2,1-4H3. The van der Waals surface area contributed by atoms with Gasteiger partial charge in [0.2, 0.25) is 0 Å². The van der Waals surface area contributed by atoms with E-state index in [9.17, 15) is 0 Å². The summed E-state index contributed by atoms with van der Waals surface area (Å²) in [4.78, 5) is 4.58. The highest BCUT2D eigenvalue weighted by atomic mass is 15.2. The summed E-state index contributed by atoms with van der Waals surface area (Å²) in [5, 5.41) is 0. The van der Waals surface area contributed by atoms with Crippen molar-refractivity contribution in [2.24, 2.45) is 0 Å². The molecule has 1 aromatic rings. The van der Waals surface area contributed by atoms with Gasteiger partial charge in [-0.1, -0.05) is 20.3 Å². The average Bonchev–Trinajstić information content (AvgIpc) is 2.44. The summed E-state index contributed by atoms with van der Waals surface area (Å²) in [6, 6.07) is 0.406. The quantitative estimate of drug-likeness (QED) is 0.802. The molecule has 3 nitrogen and oxygen atoms in total. The fraction of sp³-hybridized carbons (Fsp3) is 0.727. The monoisotopic (exact) mass is 195 g/mol. The first-order valence-corrected chi connectivity index (χ1v) is 5.47. The molecule has 0 atom stereocenters. The first kappa shape index (κ1) is 11.1. The summed E-state index contributed by atoms with van der Waals surface area (Å²) in [6.45, 7) is 8.57. The lowest BCUT2D eigenvalue weighted by Crippen LogP contribution is -2.09. The number of aromatic nitrogens is 2. The Balaban J connectivity index is 3.11. The fourth-order valence-electron chi connectivity index (χ4n) is 1.79. The summed E-state index contributed by atoms with van der Waals surface area (Å²) in [7, 11) is 0. The molecule has 0 aliphatic heterocycles. The van der Waals surface area contributed by atoms with Gasteiger partial charge in [0.1, 0.15) is 11.6 Å². The van der Waals surface area contributed by atoms with Crippen LogP contribution in [0.1, 0.15) is 51.7 Å². The first-order chi connectivity index (χ1) is 6.61. The average molecular weight is 195 g/mol. The molecule has 0 radical (unpaired) electrons. The zero-order valence-electron chi connectivity index (χ0n) is 9.67.